The van der Waals surface area contributed by atoms with Crippen LogP contribution in [0, 0.1) is 5.82 Å². The van der Waals surface area contributed by atoms with E-state index in [1.54, 1.807) is 31.5 Å². The minimum absolute atomic E-state index is 0.299. The van der Waals surface area contributed by atoms with Gasteiger partial charge in [-0.2, -0.15) is 0 Å². The van der Waals surface area contributed by atoms with E-state index in [0.717, 1.165) is 11.1 Å². The van der Waals surface area contributed by atoms with Gasteiger partial charge in [0.1, 0.15) is 5.82 Å². The van der Waals surface area contributed by atoms with Crippen LogP contribution in [0.15, 0.2) is 47.2 Å². The van der Waals surface area contributed by atoms with Crippen molar-refractivity contribution in [1.82, 2.24) is 4.98 Å². The Hall–Kier alpha value is -1.26. The lowest BCUT2D eigenvalue weighted by Gasteiger charge is -2.24. The van der Waals surface area contributed by atoms with Gasteiger partial charge >= 0.3 is 0 Å². The number of rotatable bonds is 3. The van der Waals surface area contributed by atoms with Gasteiger partial charge in [-0.1, -0.05) is 28.1 Å². The summed E-state index contributed by atoms with van der Waals surface area (Å²) in [5.41, 5.74) is 0.556. The van der Waals surface area contributed by atoms with Gasteiger partial charge in [-0.15, -0.1) is 0 Å². The second-order valence-electron chi connectivity index (χ2n) is 4.43. The molecule has 1 aromatic carbocycles. The third kappa shape index (κ3) is 2.94. The minimum Gasteiger partial charge on any atom is -0.385 e. The SMILES string of the molecule is CC(O)(Cc1ccc(F)cc1Br)c1cccnc1. The lowest BCUT2D eigenvalue weighted by atomic mass is 9.90. The molecule has 18 heavy (non-hydrogen) atoms. The first-order chi connectivity index (χ1) is 8.49. The maximum absolute atomic E-state index is 13.0. The number of hydrogen-bond donors (Lipinski definition) is 1. The van der Waals surface area contributed by atoms with E-state index in [1.807, 2.05) is 6.07 Å². The van der Waals surface area contributed by atoms with Gasteiger partial charge < -0.3 is 5.11 Å². The molecule has 0 saturated carbocycles. The molecule has 0 radical (unpaired) electrons. The zero-order valence-corrected chi connectivity index (χ0v) is 11.5. The summed E-state index contributed by atoms with van der Waals surface area (Å²) in [6.07, 6.45) is 3.68. The molecule has 1 heterocycles. The van der Waals surface area contributed by atoms with E-state index in [-0.39, 0.29) is 5.82 Å². The van der Waals surface area contributed by atoms with Crippen molar-refractivity contribution in [2.24, 2.45) is 0 Å². The maximum Gasteiger partial charge on any atom is 0.124 e. The summed E-state index contributed by atoms with van der Waals surface area (Å²) in [5, 5.41) is 10.5. The first-order valence-electron chi connectivity index (χ1n) is 5.56. The van der Waals surface area contributed by atoms with E-state index in [9.17, 15) is 9.50 Å². The average Bonchev–Trinajstić information content (AvgIpc) is 2.34. The second kappa shape index (κ2) is 5.16. The standard InChI is InChI=1S/C14H13BrFNO/c1-14(18,11-3-2-6-17-9-11)8-10-4-5-12(16)7-13(10)15/h2-7,9,18H,8H2,1H3. The molecule has 2 rings (SSSR count). The molecule has 4 heteroatoms. The molecule has 0 fully saturated rings. The zero-order chi connectivity index (χ0) is 13.2. The highest BCUT2D eigenvalue weighted by molar-refractivity contribution is 9.10. The third-order valence-corrected chi connectivity index (χ3v) is 3.57. The Morgan fingerprint density at radius 1 is 1.39 bits per heavy atom. The van der Waals surface area contributed by atoms with Crippen molar-refractivity contribution in [3.05, 3.63) is 64.1 Å². The topological polar surface area (TPSA) is 33.1 Å². The molecule has 0 bridgehead atoms. The largest absolute Gasteiger partial charge is 0.385 e. The summed E-state index contributed by atoms with van der Waals surface area (Å²) in [6.45, 7) is 1.72. The van der Waals surface area contributed by atoms with Gasteiger partial charge in [0.05, 0.1) is 5.60 Å². The predicted octanol–water partition coefficient (Wildman–Crippen LogP) is 3.43. The van der Waals surface area contributed by atoms with E-state index in [0.29, 0.717) is 10.9 Å². The number of aliphatic hydroxyl groups is 1. The quantitative estimate of drug-likeness (QED) is 0.942. The van der Waals surface area contributed by atoms with Crippen LogP contribution in [0.4, 0.5) is 4.39 Å². The maximum atomic E-state index is 13.0. The zero-order valence-electron chi connectivity index (χ0n) is 9.90. The number of nitrogens with zero attached hydrogens (tertiary/aromatic N) is 1. The molecule has 0 aliphatic rings. The van der Waals surface area contributed by atoms with Crippen molar-refractivity contribution in [2.45, 2.75) is 18.9 Å². The normalized spacial score (nSPS) is 14.2. The highest BCUT2D eigenvalue weighted by Gasteiger charge is 2.24. The van der Waals surface area contributed by atoms with Gasteiger partial charge in [-0.25, -0.2) is 4.39 Å². The van der Waals surface area contributed by atoms with Crippen molar-refractivity contribution in [2.75, 3.05) is 0 Å². The molecule has 2 aromatic rings. The first-order valence-corrected chi connectivity index (χ1v) is 6.35. The molecular weight excluding hydrogens is 297 g/mol. The summed E-state index contributed by atoms with van der Waals surface area (Å²) in [4.78, 5) is 4.00. The Balaban J connectivity index is 2.28. The Morgan fingerprint density at radius 2 is 2.17 bits per heavy atom. The fourth-order valence-corrected chi connectivity index (χ4v) is 2.31. The molecule has 0 aliphatic carbocycles. The van der Waals surface area contributed by atoms with Gasteiger partial charge in [0.25, 0.3) is 0 Å². The van der Waals surface area contributed by atoms with Gasteiger partial charge in [-0.3, -0.25) is 4.98 Å². The number of benzene rings is 1. The van der Waals surface area contributed by atoms with Crippen LogP contribution in [0.5, 0.6) is 0 Å². The van der Waals surface area contributed by atoms with E-state index in [1.165, 1.54) is 12.1 Å². The van der Waals surface area contributed by atoms with E-state index in [2.05, 4.69) is 20.9 Å². The summed E-state index contributed by atoms with van der Waals surface area (Å²) < 4.78 is 13.7. The highest BCUT2D eigenvalue weighted by Crippen LogP contribution is 2.28. The molecule has 0 aliphatic heterocycles. The van der Waals surface area contributed by atoms with Crippen molar-refractivity contribution in [1.29, 1.82) is 0 Å². The monoisotopic (exact) mass is 309 g/mol. The van der Waals surface area contributed by atoms with E-state index in [4.69, 9.17) is 0 Å². The summed E-state index contributed by atoms with van der Waals surface area (Å²) in [7, 11) is 0. The van der Waals surface area contributed by atoms with Gasteiger partial charge in [0, 0.05) is 28.9 Å². The van der Waals surface area contributed by atoms with Crippen LogP contribution in [0.1, 0.15) is 18.1 Å². The Labute approximate surface area is 114 Å². The Bertz CT molecular complexity index is 543. The molecule has 0 amide bonds. The van der Waals surface area contributed by atoms with E-state index >= 15 is 0 Å². The van der Waals surface area contributed by atoms with Crippen LogP contribution in [0.2, 0.25) is 0 Å². The molecule has 1 unspecified atom stereocenters. The average molecular weight is 310 g/mol. The fraction of sp³-hybridized carbons (Fsp3) is 0.214. The van der Waals surface area contributed by atoms with Crippen molar-refractivity contribution >= 4 is 15.9 Å². The number of hydrogen-bond acceptors (Lipinski definition) is 2. The van der Waals surface area contributed by atoms with E-state index < -0.39 is 5.60 Å². The smallest absolute Gasteiger partial charge is 0.124 e. The van der Waals surface area contributed by atoms with Crippen LogP contribution in [-0.4, -0.2) is 10.1 Å². The molecule has 0 spiro atoms. The van der Waals surface area contributed by atoms with Crippen LogP contribution in [-0.2, 0) is 12.0 Å². The predicted molar refractivity (Wildman–Crippen MR) is 71.6 cm³/mol. The summed E-state index contributed by atoms with van der Waals surface area (Å²) in [6, 6.07) is 8.06. The van der Waals surface area contributed by atoms with Crippen molar-refractivity contribution < 1.29 is 9.50 Å². The molecule has 1 N–H and O–H groups in total. The lowest BCUT2D eigenvalue weighted by Crippen LogP contribution is -2.24. The second-order valence-corrected chi connectivity index (χ2v) is 5.28. The van der Waals surface area contributed by atoms with Gasteiger partial charge in [-0.05, 0) is 30.7 Å². The lowest BCUT2D eigenvalue weighted by molar-refractivity contribution is 0.0571. The van der Waals surface area contributed by atoms with Crippen LogP contribution in [0.25, 0.3) is 0 Å². The van der Waals surface area contributed by atoms with Gasteiger partial charge in [0.2, 0.25) is 0 Å². The Morgan fingerprint density at radius 3 is 2.78 bits per heavy atom. The van der Waals surface area contributed by atoms with Crippen LogP contribution in [0.3, 0.4) is 0 Å². The molecular formula is C14H13BrFNO. The molecule has 94 valence electrons. The first kappa shape index (κ1) is 13.2. The molecule has 1 aromatic heterocycles. The van der Waals surface area contributed by atoms with Crippen molar-refractivity contribution in [3.63, 3.8) is 0 Å². The van der Waals surface area contributed by atoms with Crippen LogP contribution >= 0.6 is 15.9 Å². The molecule has 2 nitrogen and oxygen atoms in total. The summed E-state index contributed by atoms with van der Waals surface area (Å²) >= 11 is 3.31. The van der Waals surface area contributed by atoms with Crippen LogP contribution < -0.4 is 0 Å². The fourth-order valence-electron chi connectivity index (χ4n) is 1.82. The Kier molecular flexibility index (Phi) is 3.78. The number of halogens is 2. The highest BCUT2D eigenvalue weighted by atomic mass is 79.9. The number of pyridine rings is 1. The third-order valence-electron chi connectivity index (χ3n) is 2.83. The summed E-state index contributed by atoms with van der Waals surface area (Å²) in [5.74, 6) is -0.299. The molecule has 1 atom stereocenters. The van der Waals surface area contributed by atoms with Crippen molar-refractivity contribution in [3.8, 4) is 0 Å². The number of aromatic nitrogens is 1. The van der Waals surface area contributed by atoms with Gasteiger partial charge in [0.15, 0.2) is 0 Å². The molecule has 0 saturated heterocycles. The minimum atomic E-state index is -1.03.